The van der Waals surface area contributed by atoms with Crippen molar-refractivity contribution in [1.82, 2.24) is 19.9 Å². The molecule has 0 fully saturated rings. The summed E-state index contributed by atoms with van der Waals surface area (Å²) >= 11 is 1.39. The normalized spacial score (nSPS) is 10.9. The first-order chi connectivity index (χ1) is 11.8. The molecule has 0 amide bonds. The molecule has 4 rings (SSSR count). The van der Waals surface area contributed by atoms with Crippen molar-refractivity contribution in [3.8, 4) is 0 Å². The van der Waals surface area contributed by atoms with E-state index in [9.17, 15) is 4.39 Å². The van der Waals surface area contributed by atoms with E-state index in [1.165, 1.54) is 11.3 Å². The minimum atomic E-state index is -0.759. The first-order valence-corrected chi connectivity index (χ1v) is 8.14. The SMILES string of the molecule is Fc1nc(Cc2ccccc2)cc(Nc2nc3cccnc3s2)n1. The number of pyridine rings is 1. The molecule has 0 aliphatic carbocycles. The van der Waals surface area contributed by atoms with Crippen molar-refractivity contribution in [1.29, 1.82) is 0 Å². The van der Waals surface area contributed by atoms with E-state index in [1.807, 2.05) is 42.5 Å². The van der Waals surface area contributed by atoms with E-state index < -0.39 is 6.08 Å². The Balaban J connectivity index is 1.61. The Morgan fingerprint density at radius 1 is 1.00 bits per heavy atom. The molecule has 0 unspecified atom stereocenters. The summed E-state index contributed by atoms with van der Waals surface area (Å²) in [5.74, 6) is 0.382. The van der Waals surface area contributed by atoms with Crippen molar-refractivity contribution >= 4 is 32.6 Å². The van der Waals surface area contributed by atoms with Crippen LogP contribution in [0.5, 0.6) is 0 Å². The van der Waals surface area contributed by atoms with Crippen molar-refractivity contribution < 1.29 is 4.39 Å². The van der Waals surface area contributed by atoms with Crippen LogP contribution in [0.1, 0.15) is 11.3 Å². The van der Waals surface area contributed by atoms with Crippen LogP contribution in [0.4, 0.5) is 15.3 Å². The van der Waals surface area contributed by atoms with E-state index in [-0.39, 0.29) is 0 Å². The van der Waals surface area contributed by atoms with Gasteiger partial charge in [-0.2, -0.15) is 9.37 Å². The Bertz CT molecular complexity index is 954. The number of aromatic nitrogens is 4. The molecule has 5 nitrogen and oxygen atoms in total. The zero-order valence-corrected chi connectivity index (χ0v) is 13.3. The predicted octanol–water partition coefficient (Wildman–Crippen LogP) is 3.95. The minimum absolute atomic E-state index is 0.382. The Kier molecular flexibility index (Phi) is 3.84. The zero-order chi connectivity index (χ0) is 16.4. The molecule has 4 aromatic rings. The maximum Gasteiger partial charge on any atom is 0.310 e. The first kappa shape index (κ1) is 14.6. The van der Waals surface area contributed by atoms with Gasteiger partial charge >= 0.3 is 6.08 Å². The number of hydrogen-bond donors (Lipinski definition) is 1. The predicted molar refractivity (Wildman–Crippen MR) is 91.9 cm³/mol. The molecule has 0 atom stereocenters. The lowest BCUT2D eigenvalue weighted by Crippen LogP contribution is -2.02. The second kappa shape index (κ2) is 6.29. The summed E-state index contributed by atoms with van der Waals surface area (Å²) in [5.41, 5.74) is 2.46. The van der Waals surface area contributed by atoms with Crippen molar-refractivity contribution in [2.24, 2.45) is 0 Å². The highest BCUT2D eigenvalue weighted by Crippen LogP contribution is 2.26. The zero-order valence-electron chi connectivity index (χ0n) is 12.5. The van der Waals surface area contributed by atoms with Crippen LogP contribution in [-0.4, -0.2) is 19.9 Å². The summed E-state index contributed by atoms with van der Waals surface area (Å²) in [6.07, 6.45) is 1.49. The van der Waals surface area contributed by atoms with Crippen LogP contribution >= 0.6 is 11.3 Å². The number of nitrogens with one attached hydrogen (secondary N) is 1. The van der Waals surface area contributed by atoms with Gasteiger partial charge in [0.2, 0.25) is 0 Å². The summed E-state index contributed by atoms with van der Waals surface area (Å²) in [4.78, 5) is 17.1. The van der Waals surface area contributed by atoms with Crippen LogP contribution in [0.3, 0.4) is 0 Å². The Morgan fingerprint density at radius 3 is 2.71 bits per heavy atom. The summed E-state index contributed by atoms with van der Waals surface area (Å²) in [6, 6.07) is 15.2. The lowest BCUT2D eigenvalue weighted by molar-refractivity contribution is 0.535. The summed E-state index contributed by atoms with van der Waals surface area (Å²) < 4.78 is 13.7. The molecule has 0 aliphatic heterocycles. The average Bonchev–Trinajstić information content (AvgIpc) is 2.97. The molecule has 0 saturated carbocycles. The molecule has 7 heteroatoms. The number of thiazole rings is 1. The highest BCUT2D eigenvalue weighted by Gasteiger charge is 2.09. The number of hydrogen-bond acceptors (Lipinski definition) is 6. The van der Waals surface area contributed by atoms with Crippen molar-refractivity contribution in [2.75, 3.05) is 5.32 Å². The van der Waals surface area contributed by atoms with E-state index in [0.717, 1.165) is 15.9 Å². The number of halogens is 1. The van der Waals surface area contributed by atoms with Crippen LogP contribution in [0.25, 0.3) is 10.3 Å². The van der Waals surface area contributed by atoms with Gasteiger partial charge in [0.1, 0.15) is 16.2 Å². The standard InChI is InChI=1S/C17H12FN5S/c18-16-20-12(9-11-5-2-1-3-6-11)10-14(22-16)23-17-21-13-7-4-8-19-15(13)24-17/h1-8,10H,9H2,(H,20,21,22,23). The maximum absolute atomic E-state index is 13.7. The molecule has 3 heterocycles. The van der Waals surface area contributed by atoms with Crippen LogP contribution in [-0.2, 0) is 6.42 Å². The minimum Gasteiger partial charge on any atom is -0.316 e. The van der Waals surface area contributed by atoms with Crippen molar-refractivity contribution in [3.05, 3.63) is 72.1 Å². The van der Waals surface area contributed by atoms with E-state index in [1.54, 1.807) is 12.3 Å². The number of nitrogens with zero attached hydrogens (tertiary/aromatic N) is 4. The van der Waals surface area contributed by atoms with E-state index in [2.05, 4.69) is 25.3 Å². The first-order valence-electron chi connectivity index (χ1n) is 7.32. The molecule has 3 aromatic heterocycles. The maximum atomic E-state index is 13.7. The number of rotatable bonds is 4. The molecule has 0 radical (unpaired) electrons. The summed E-state index contributed by atoms with van der Waals surface area (Å²) in [6.45, 7) is 0. The third-order valence-corrected chi connectivity index (χ3v) is 4.28. The highest BCUT2D eigenvalue weighted by atomic mass is 32.1. The average molecular weight is 337 g/mol. The second-order valence-corrected chi connectivity index (χ2v) is 6.13. The third kappa shape index (κ3) is 3.21. The van der Waals surface area contributed by atoms with Gasteiger partial charge in [0.05, 0.1) is 5.69 Å². The molecule has 0 saturated heterocycles. The van der Waals surface area contributed by atoms with Gasteiger partial charge in [-0.25, -0.2) is 15.0 Å². The molecule has 118 valence electrons. The summed E-state index contributed by atoms with van der Waals surface area (Å²) in [7, 11) is 0. The third-order valence-electron chi connectivity index (χ3n) is 3.38. The number of fused-ring (bicyclic) bond motifs is 1. The smallest absolute Gasteiger partial charge is 0.310 e. The van der Waals surface area contributed by atoms with E-state index in [0.29, 0.717) is 23.1 Å². The largest absolute Gasteiger partial charge is 0.316 e. The number of benzene rings is 1. The topological polar surface area (TPSA) is 63.6 Å². The van der Waals surface area contributed by atoms with Gasteiger partial charge in [-0.05, 0) is 17.7 Å². The lowest BCUT2D eigenvalue weighted by atomic mass is 10.1. The van der Waals surface area contributed by atoms with Gasteiger partial charge in [0.15, 0.2) is 5.13 Å². The molecular weight excluding hydrogens is 325 g/mol. The van der Waals surface area contributed by atoms with Gasteiger partial charge in [0.25, 0.3) is 0 Å². The quantitative estimate of drug-likeness (QED) is 0.571. The molecule has 24 heavy (non-hydrogen) atoms. The van der Waals surface area contributed by atoms with E-state index in [4.69, 9.17) is 0 Å². The molecule has 1 aromatic carbocycles. The lowest BCUT2D eigenvalue weighted by Gasteiger charge is -2.05. The fourth-order valence-electron chi connectivity index (χ4n) is 2.36. The molecule has 0 spiro atoms. The van der Waals surface area contributed by atoms with Gasteiger partial charge in [-0.1, -0.05) is 41.7 Å². The highest BCUT2D eigenvalue weighted by molar-refractivity contribution is 7.21. The summed E-state index contributed by atoms with van der Waals surface area (Å²) in [5, 5.41) is 3.65. The Hall–Kier alpha value is -2.93. The van der Waals surface area contributed by atoms with Crippen LogP contribution in [0.15, 0.2) is 54.7 Å². The van der Waals surface area contributed by atoms with Crippen LogP contribution in [0.2, 0.25) is 0 Å². The van der Waals surface area contributed by atoms with Crippen molar-refractivity contribution in [2.45, 2.75) is 6.42 Å². The monoisotopic (exact) mass is 337 g/mol. The van der Waals surface area contributed by atoms with Gasteiger partial charge in [0, 0.05) is 18.7 Å². The Morgan fingerprint density at radius 2 is 1.88 bits per heavy atom. The molecular formula is C17H12FN5S. The van der Waals surface area contributed by atoms with Gasteiger partial charge in [-0.3, -0.25) is 0 Å². The fourth-order valence-corrected chi connectivity index (χ4v) is 3.17. The second-order valence-electron chi connectivity index (χ2n) is 5.15. The number of anilines is 2. The molecule has 0 bridgehead atoms. The van der Waals surface area contributed by atoms with Crippen LogP contribution < -0.4 is 5.32 Å². The Labute approximate surface area is 141 Å². The fraction of sp³-hybridized carbons (Fsp3) is 0.0588. The van der Waals surface area contributed by atoms with Gasteiger partial charge < -0.3 is 5.32 Å². The molecule has 0 aliphatic rings. The van der Waals surface area contributed by atoms with Gasteiger partial charge in [-0.15, -0.1) is 0 Å². The molecule has 1 N–H and O–H groups in total. The van der Waals surface area contributed by atoms with E-state index >= 15 is 0 Å². The van der Waals surface area contributed by atoms with Crippen LogP contribution in [0, 0.1) is 6.08 Å². The van der Waals surface area contributed by atoms with Crippen molar-refractivity contribution in [3.63, 3.8) is 0 Å².